The molecule has 0 aliphatic heterocycles. The molecule has 4 rings (SSSR count). The smallest absolute Gasteiger partial charge is 0.0964 e. The number of hydrogen-bond donors (Lipinski definition) is 1. The van der Waals surface area contributed by atoms with Gasteiger partial charge < -0.3 is 9.72 Å². The van der Waals surface area contributed by atoms with Crippen LogP contribution in [0.1, 0.15) is 34.0 Å². The van der Waals surface area contributed by atoms with E-state index >= 15 is 0 Å². The zero-order valence-corrected chi connectivity index (χ0v) is 15.0. The van der Waals surface area contributed by atoms with Crippen LogP contribution in [0.5, 0.6) is 0 Å². The van der Waals surface area contributed by atoms with Crippen molar-refractivity contribution in [3.05, 3.63) is 113 Å². The Balaban J connectivity index is 1.68. The van der Waals surface area contributed by atoms with Gasteiger partial charge in [-0.2, -0.15) is 0 Å². The predicted octanol–water partition coefficient (Wildman–Crippen LogP) is 5.49. The van der Waals surface area contributed by atoms with Crippen molar-refractivity contribution in [1.82, 2.24) is 4.98 Å². The zero-order valence-electron chi connectivity index (χ0n) is 15.0. The maximum Gasteiger partial charge on any atom is 0.0964 e. The number of fused-ring (bicyclic) bond motifs is 1. The van der Waals surface area contributed by atoms with E-state index in [2.05, 4.69) is 83.9 Å². The number of ether oxygens (including phenoxy) is 1. The second-order valence-electron chi connectivity index (χ2n) is 6.64. The summed E-state index contributed by atoms with van der Waals surface area (Å²) in [5.41, 5.74) is 6.38. The van der Waals surface area contributed by atoms with Crippen LogP contribution in [0, 0.1) is 0 Å². The summed E-state index contributed by atoms with van der Waals surface area (Å²) in [6.45, 7) is 0. The molecule has 1 aliphatic carbocycles. The van der Waals surface area contributed by atoms with Crippen molar-refractivity contribution in [3.8, 4) is 0 Å². The molecule has 1 heterocycles. The van der Waals surface area contributed by atoms with Gasteiger partial charge >= 0.3 is 0 Å². The third kappa shape index (κ3) is 3.50. The average Bonchev–Trinajstić information content (AvgIpc) is 3.12. The minimum Gasteiger partial charge on any atom is -0.501 e. The minimum atomic E-state index is 0.202. The van der Waals surface area contributed by atoms with Crippen molar-refractivity contribution in [1.29, 1.82) is 0 Å². The third-order valence-electron chi connectivity index (χ3n) is 4.95. The van der Waals surface area contributed by atoms with Gasteiger partial charge in [0.05, 0.1) is 12.9 Å². The van der Waals surface area contributed by atoms with Crippen LogP contribution in [0.2, 0.25) is 0 Å². The first-order valence-corrected chi connectivity index (χ1v) is 9.05. The Morgan fingerprint density at radius 1 is 1.00 bits per heavy atom. The van der Waals surface area contributed by atoms with E-state index in [0.29, 0.717) is 0 Å². The van der Waals surface area contributed by atoms with Crippen LogP contribution in [0.3, 0.4) is 0 Å². The maximum absolute atomic E-state index is 5.44. The molecule has 130 valence electrons. The molecule has 3 aromatic rings. The van der Waals surface area contributed by atoms with Crippen molar-refractivity contribution < 1.29 is 4.74 Å². The zero-order chi connectivity index (χ0) is 17.8. The number of methoxy groups -OCH3 is 1. The predicted molar refractivity (Wildman–Crippen MR) is 107 cm³/mol. The van der Waals surface area contributed by atoms with Crippen molar-refractivity contribution in [2.24, 2.45) is 0 Å². The van der Waals surface area contributed by atoms with Crippen molar-refractivity contribution >= 4 is 6.08 Å². The van der Waals surface area contributed by atoms with E-state index in [0.717, 1.165) is 18.6 Å². The van der Waals surface area contributed by atoms with E-state index in [4.69, 9.17) is 4.74 Å². The summed E-state index contributed by atoms with van der Waals surface area (Å²) in [6, 6.07) is 23.4. The lowest BCUT2D eigenvalue weighted by atomic mass is 9.94. The first-order chi connectivity index (χ1) is 12.8. The Kier molecular flexibility index (Phi) is 4.74. The van der Waals surface area contributed by atoms with Gasteiger partial charge in [-0.3, -0.25) is 0 Å². The van der Waals surface area contributed by atoms with E-state index < -0.39 is 0 Å². The van der Waals surface area contributed by atoms with Gasteiger partial charge in [-0.15, -0.1) is 0 Å². The highest BCUT2D eigenvalue weighted by atomic mass is 16.5. The van der Waals surface area contributed by atoms with Gasteiger partial charge in [0.2, 0.25) is 0 Å². The number of nitrogens with one attached hydrogen (secondary N) is 1. The summed E-state index contributed by atoms with van der Waals surface area (Å²) in [6.07, 6.45) is 8.43. The summed E-state index contributed by atoms with van der Waals surface area (Å²) in [5.74, 6) is 1.26. The molecule has 1 N–H and O–H groups in total. The lowest BCUT2D eigenvalue weighted by molar-refractivity contribution is 0.280. The van der Waals surface area contributed by atoms with Crippen LogP contribution in [0.15, 0.2) is 84.6 Å². The summed E-state index contributed by atoms with van der Waals surface area (Å²) < 4.78 is 5.44. The first kappa shape index (κ1) is 16.5. The second-order valence-corrected chi connectivity index (χ2v) is 6.64. The van der Waals surface area contributed by atoms with Gasteiger partial charge in [0.15, 0.2) is 0 Å². The lowest BCUT2D eigenvalue weighted by Crippen LogP contribution is -2.02. The van der Waals surface area contributed by atoms with E-state index in [1.54, 1.807) is 7.11 Å². The molecule has 1 aromatic heterocycles. The Morgan fingerprint density at radius 2 is 1.73 bits per heavy atom. The van der Waals surface area contributed by atoms with Crippen molar-refractivity contribution in [3.63, 3.8) is 0 Å². The minimum absolute atomic E-state index is 0.202. The molecule has 0 saturated heterocycles. The molecule has 2 nitrogen and oxygen atoms in total. The van der Waals surface area contributed by atoms with Crippen LogP contribution in [0.4, 0.5) is 0 Å². The quantitative estimate of drug-likeness (QED) is 0.652. The summed E-state index contributed by atoms with van der Waals surface area (Å²) in [4.78, 5) is 3.66. The van der Waals surface area contributed by atoms with Crippen molar-refractivity contribution in [2.45, 2.75) is 18.8 Å². The lowest BCUT2D eigenvalue weighted by Gasteiger charge is -2.12. The van der Waals surface area contributed by atoms with Crippen LogP contribution >= 0.6 is 0 Å². The van der Waals surface area contributed by atoms with E-state index in [9.17, 15) is 0 Å². The van der Waals surface area contributed by atoms with Crippen LogP contribution < -0.4 is 0 Å². The number of rotatable bonds is 5. The Labute approximate surface area is 154 Å². The normalized spacial score (nSPS) is 14.7. The number of aromatic amines is 1. The fourth-order valence-electron chi connectivity index (χ4n) is 3.53. The third-order valence-corrected chi connectivity index (χ3v) is 4.95. The molecule has 0 radical (unpaired) electrons. The van der Waals surface area contributed by atoms with Crippen LogP contribution in [-0.2, 0) is 17.6 Å². The molecular formula is C24H23NO. The fourth-order valence-corrected chi connectivity index (χ4v) is 3.53. The van der Waals surface area contributed by atoms with E-state index in [1.807, 2.05) is 6.07 Å². The Bertz CT molecular complexity index is 919. The molecule has 0 amide bonds. The number of allylic oxidation sites excluding steroid dienone is 3. The standard InChI is InChI=1S/C24H23NO/c1-26-21-13-15-23-20(16-21)17-24(25-23)22(19-10-6-3-7-11-19)14-12-18-8-4-2-5-9-18/h2-14,17,22,25H,15-16H2,1H3/b14-12+. The Morgan fingerprint density at radius 3 is 2.46 bits per heavy atom. The van der Waals surface area contributed by atoms with Gasteiger partial charge in [-0.25, -0.2) is 0 Å². The topological polar surface area (TPSA) is 25.0 Å². The van der Waals surface area contributed by atoms with E-state index in [-0.39, 0.29) is 5.92 Å². The molecule has 0 fully saturated rings. The maximum atomic E-state index is 5.44. The highest BCUT2D eigenvalue weighted by Gasteiger charge is 2.19. The summed E-state index contributed by atoms with van der Waals surface area (Å²) >= 11 is 0. The molecule has 1 unspecified atom stereocenters. The highest BCUT2D eigenvalue weighted by Crippen LogP contribution is 2.31. The monoisotopic (exact) mass is 341 g/mol. The largest absolute Gasteiger partial charge is 0.501 e. The molecule has 26 heavy (non-hydrogen) atoms. The fraction of sp³-hybridized carbons (Fsp3) is 0.167. The number of hydrogen-bond acceptors (Lipinski definition) is 1. The molecule has 2 heteroatoms. The molecule has 1 atom stereocenters. The highest BCUT2D eigenvalue weighted by molar-refractivity contribution is 5.53. The van der Waals surface area contributed by atoms with Crippen LogP contribution in [0.25, 0.3) is 6.08 Å². The number of H-pyrrole nitrogens is 1. The molecule has 0 saturated carbocycles. The molecule has 0 bridgehead atoms. The van der Waals surface area contributed by atoms with Crippen LogP contribution in [-0.4, -0.2) is 12.1 Å². The summed E-state index contributed by atoms with van der Waals surface area (Å²) in [7, 11) is 1.75. The first-order valence-electron chi connectivity index (χ1n) is 9.05. The van der Waals surface area contributed by atoms with Gasteiger partial charge in [0.1, 0.15) is 0 Å². The van der Waals surface area contributed by atoms with Gasteiger partial charge in [-0.1, -0.05) is 72.8 Å². The number of aromatic nitrogens is 1. The van der Waals surface area contributed by atoms with Gasteiger partial charge in [0, 0.05) is 30.1 Å². The second kappa shape index (κ2) is 7.49. The summed E-state index contributed by atoms with van der Waals surface area (Å²) in [5, 5.41) is 0. The average molecular weight is 341 g/mol. The SMILES string of the molecule is COC1=CCc2[nH]c(C(/C=C/c3ccccc3)c3ccccc3)cc2C1. The molecule has 0 spiro atoms. The molecule has 2 aromatic carbocycles. The van der Waals surface area contributed by atoms with E-state index in [1.165, 1.54) is 28.1 Å². The van der Waals surface area contributed by atoms with Crippen molar-refractivity contribution in [2.75, 3.05) is 7.11 Å². The molecular weight excluding hydrogens is 318 g/mol. The Hall–Kier alpha value is -3.00. The number of benzene rings is 2. The van der Waals surface area contributed by atoms with Gasteiger partial charge in [0.25, 0.3) is 0 Å². The molecule has 1 aliphatic rings. The van der Waals surface area contributed by atoms with Gasteiger partial charge in [-0.05, 0) is 28.8 Å².